The van der Waals surface area contributed by atoms with Crippen molar-refractivity contribution >= 4 is 28.8 Å². The number of methoxy groups -OCH3 is 2. The molecule has 0 N–H and O–H groups in total. The molecule has 1 aromatic heterocycles. The van der Waals surface area contributed by atoms with Crippen LogP contribution in [0.3, 0.4) is 0 Å². The maximum absolute atomic E-state index is 13.1. The maximum Gasteiger partial charge on any atom is 0.273 e. The lowest BCUT2D eigenvalue weighted by Gasteiger charge is -2.35. The summed E-state index contributed by atoms with van der Waals surface area (Å²) in [7, 11) is 3.29. The number of anilines is 1. The number of carbonyl (C=O) groups excluding carboxylic acids is 2. The van der Waals surface area contributed by atoms with Crippen LogP contribution in [0.5, 0.6) is 5.75 Å². The summed E-state index contributed by atoms with van der Waals surface area (Å²) in [5.74, 6) is 1.11. The zero-order chi connectivity index (χ0) is 26.7. The number of nitrogens with zero attached hydrogens (tertiary/aromatic N) is 4. The summed E-state index contributed by atoms with van der Waals surface area (Å²) in [4.78, 5) is 36.3. The maximum atomic E-state index is 13.1. The van der Waals surface area contributed by atoms with E-state index >= 15 is 0 Å². The third-order valence-electron chi connectivity index (χ3n) is 6.97. The number of hydrogen-bond donors (Lipinski definition) is 0. The van der Waals surface area contributed by atoms with Crippen LogP contribution in [-0.2, 0) is 19.0 Å². The lowest BCUT2D eigenvalue weighted by atomic mass is 9.97. The first kappa shape index (κ1) is 28.3. The Kier molecular flexibility index (Phi) is 10.7. The molecule has 11 heteroatoms. The van der Waals surface area contributed by atoms with Gasteiger partial charge in [-0.25, -0.2) is 4.98 Å². The Morgan fingerprint density at radius 2 is 1.58 bits per heavy atom. The Morgan fingerprint density at radius 3 is 2.26 bits per heavy atom. The van der Waals surface area contributed by atoms with E-state index in [0.717, 1.165) is 42.4 Å². The first-order valence-electron chi connectivity index (χ1n) is 13.1. The van der Waals surface area contributed by atoms with Gasteiger partial charge >= 0.3 is 0 Å². The molecule has 0 saturated carbocycles. The van der Waals surface area contributed by atoms with Crippen molar-refractivity contribution in [3.8, 4) is 5.75 Å². The average molecular weight is 547 g/mol. The second-order valence-corrected chi connectivity index (χ2v) is 10.3. The molecule has 1 aromatic carbocycles. The standard InChI is InChI=1S/C27H38N4O6S/c1-34-15-16-36-17-18-37-19-25(32)30-9-7-21(8-10-30)26-28-24(20-38-26)27(33)31-13-11-29(12-14-31)22-3-5-23(35-2)6-4-22/h3-6,20-21H,7-19H2,1-2H3. The molecule has 0 atom stereocenters. The highest BCUT2D eigenvalue weighted by atomic mass is 32.1. The Morgan fingerprint density at radius 1 is 0.895 bits per heavy atom. The SMILES string of the molecule is COCCOCCOCC(=O)N1CCC(c2nc(C(=O)N3CCN(c4ccc(OC)cc4)CC3)cs2)CC1. The van der Waals surface area contributed by atoms with E-state index in [2.05, 4.69) is 17.0 Å². The topological polar surface area (TPSA) is 93.7 Å². The predicted octanol–water partition coefficient (Wildman–Crippen LogP) is 2.50. The summed E-state index contributed by atoms with van der Waals surface area (Å²) in [6, 6.07) is 8.02. The molecule has 2 aromatic rings. The number of piperidine rings is 1. The third kappa shape index (κ3) is 7.66. The van der Waals surface area contributed by atoms with Crippen LogP contribution in [0.25, 0.3) is 0 Å². The molecule has 4 rings (SSSR count). The van der Waals surface area contributed by atoms with E-state index < -0.39 is 0 Å². The summed E-state index contributed by atoms with van der Waals surface area (Å²) in [5, 5.41) is 2.87. The van der Waals surface area contributed by atoms with Gasteiger partial charge in [0, 0.05) is 63.4 Å². The van der Waals surface area contributed by atoms with Gasteiger partial charge in [0.2, 0.25) is 5.91 Å². The monoisotopic (exact) mass is 546 g/mol. The van der Waals surface area contributed by atoms with Crippen molar-refractivity contribution in [2.24, 2.45) is 0 Å². The number of aromatic nitrogens is 1. The summed E-state index contributed by atoms with van der Waals surface area (Å²) in [6.45, 7) is 6.22. The second-order valence-electron chi connectivity index (χ2n) is 9.36. The molecular weight excluding hydrogens is 508 g/mol. The third-order valence-corrected chi connectivity index (χ3v) is 7.98. The van der Waals surface area contributed by atoms with Crippen molar-refractivity contribution in [2.45, 2.75) is 18.8 Å². The fraction of sp³-hybridized carbons (Fsp3) is 0.593. The number of amides is 2. The Hall–Kier alpha value is -2.73. The Bertz CT molecular complexity index is 1020. The summed E-state index contributed by atoms with van der Waals surface area (Å²) >= 11 is 1.55. The summed E-state index contributed by atoms with van der Waals surface area (Å²) < 4.78 is 20.9. The van der Waals surface area contributed by atoms with Gasteiger partial charge in [-0.1, -0.05) is 0 Å². The molecular formula is C27H38N4O6S. The molecule has 0 unspecified atom stereocenters. The van der Waals surface area contributed by atoms with Gasteiger partial charge in [0.25, 0.3) is 5.91 Å². The van der Waals surface area contributed by atoms with Crippen molar-refractivity contribution in [2.75, 3.05) is 91.4 Å². The molecule has 2 aliphatic rings. The van der Waals surface area contributed by atoms with Crippen LogP contribution in [0, 0.1) is 0 Å². The van der Waals surface area contributed by atoms with Crippen LogP contribution in [-0.4, -0.2) is 113 Å². The van der Waals surface area contributed by atoms with E-state index in [0.29, 0.717) is 58.3 Å². The molecule has 2 saturated heterocycles. The zero-order valence-electron chi connectivity index (χ0n) is 22.3. The van der Waals surface area contributed by atoms with Gasteiger partial charge in [-0.3, -0.25) is 9.59 Å². The van der Waals surface area contributed by atoms with Gasteiger partial charge in [-0.05, 0) is 37.1 Å². The quantitative estimate of drug-likeness (QED) is 0.375. The van der Waals surface area contributed by atoms with E-state index in [1.165, 1.54) is 0 Å². The van der Waals surface area contributed by atoms with E-state index in [-0.39, 0.29) is 24.3 Å². The van der Waals surface area contributed by atoms with Gasteiger partial charge in [0.15, 0.2) is 0 Å². The van der Waals surface area contributed by atoms with Crippen LogP contribution in [0.2, 0.25) is 0 Å². The highest BCUT2D eigenvalue weighted by Crippen LogP contribution is 2.31. The Labute approximate surface area is 228 Å². The van der Waals surface area contributed by atoms with Crippen LogP contribution in [0.1, 0.15) is 34.3 Å². The van der Waals surface area contributed by atoms with Crippen molar-refractivity contribution in [1.29, 1.82) is 0 Å². The van der Waals surface area contributed by atoms with Crippen molar-refractivity contribution in [1.82, 2.24) is 14.8 Å². The number of benzene rings is 1. The smallest absolute Gasteiger partial charge is 0.273 e. The van der Waals surface area contributed by atoms with Crippen LogP contribution < -0.4 is 9.64 Å². The zero-order valence-corrected chi connectivity index (χ0v) is 23.1. The number of rotatable bonds is 12. The number of likely N-dealkylation sites (tertiary alicyclic amines) is 1. The normalized spacial score (nSPS) is 16.6. The largest absolute Gasteiger partial charge is 0.497 e. The first-order chi connectivity index (χ1) is 18.6. The summed E-state index contributed by atoms with van der Waals surface area (Å²) in [6.07, 6.45) is 1.68. The van der Waals surface area contributed by atoms with Crippen LogP contribution >= 0.6 is 11.3 Å². The first-order valence-corrected chi connectivity index (χ1v) is 14.0. The van der Waals surface area contributed by atoms with Crippen LogP contribution in [0.15, 0.2) is 29.6 Å². The molecule has 10 nitrogen and oxygen atoms in total. The minimum absolute atomic E-state index is 0.00200. The number of carbonyl (C=O) groups is 2. The molecule has 0 radical (unpaired) electrons. The minimum Gasteiger partial charge on any atom is -0.497 e. The van der Waals surface area contributed by atoms with Gasteiger partial charge in [0.05, 0.1) is 38.5 Å². The molecule has 0 spiro atoms. The van der Waals surface area contributed by atoms with Crippen molar-refractivity contribution in [3.05, 3.63) is 40.3 Å². The number of piperazine rings is 1. The predicted molar refractivity (Wildman–Crippen MR) is 145 cm³/mol. The van der Waals surface area contributed by atoms with E-state index in [9.17, 15) is 9.59 Å². The summed E-state index contributed by atoms with van der Waals surface area (Å²) in [5.41, 5.74) is 1.67. The highest BCUT2D eigenvalue weighted by Gasteiger charge is 2.28. The van der Waals surface area contributed by atoms with Gasteiger partial charge in [-0.2, -0.15) is 0 Å². The average Bonchev–Trinajstić information content (AvgIpc) is 3.47. The fourth-order valence-electron chi connectivity index (χ4n) is 4.68. The van der Waals surface area contributed by atoms with Gasteiger partial charge in [-0.15, -0.1) is 11.3 Å². The molecule has 208 valence electrons. The second kappa shape index (κ2) is 14.4. The number of thiazole rings is 1. The minimum atomic E-state index is -0.00200. The molecule has 0 bridgehead atoms. The van der Waals surface area contributed by atoms with Crippen molar-refractivity contribution < 1.29 is 28.5 Å². The molecule has 2 amide bonds. The molecule has 0 aliphatic carbocycles. The van der Waals surface area contributed by atoms with E-state index in [1.807, 2.05) is 27.3 Å². The fourth-order valence-corrected chi connectivity index (χ4v) is 5.65. The van der Waals surface area contributed by atoms with Gasteiger partial charge in [0.1, 0.15) is 18.1 Å². The lowest BCUT2D eigenvalue weighted by Crippen LogP contribution is -2.48. The number of ether oxygens (including phenoxy) is 4. The number of hydrogen-bond acceptors (Lipinski definition) is 9. The molecule has 2 aliphatic heterocycles. The van der Waals surface area contributed by atoms with E-state index in [4.69, 9.17) is 23.9 Å². The van der Waals surface area contributed by atoms with Crippen LogP contribution in [0.4, 0.5) is 5.69 Å². The molecule has 38 heavy (non-hydrogen) atoms. The highest BCUT2D eigenvalue weighted by molar-refractivity contribution is 7.09. The molecule has 2 fully saturated rings. The lowest BCUT2D eigenvalue weighted by molar-refractivity contribution is -0.137. The van der Waals surface area contributed by atoms with Crippen molar-refractivity contribution in [3.63, 3.8) is 0 Å². The molecule has 3 heterocycles. The van der Waals surface area contributed by atoms with Gasteiger partial charge < -0.3 is 33.6 Å². The Balaban J connectivity index is 1.17. The van der Waals surface area contributed by atoms with E-state index in [1.54, 1.807) is 25.6 Å².